The second-order valence-corrected chi connectivity index (χ2v) is 4.52. The standard InChI is InChI=1S/C14H11N3O2/c1-8-3-5-10-11-6-4-9(2)16-14(11)13(17(18)19)7-12(10)15-8/h3-7H,1-2H3. The van der Waals surface area contributed by atoms with Crippen LogP contribution in [-0.2, 0) is 0 Å². The van der Waals surface area contributed by atoms with E-state index < -0.39 is 4.92 Å². The molecule has 0 saturated carbocycles. The molecule has 2 aromatic heterocycles. The Morgan fingerprint density at radius 3 is 2.32 bits per heavy atom. The number of hydrogen-bond donors (Lipinski definition) is 0. The minimum Gasteiger partial charge on any atom is -0.258 e. The number of benzene rings is 1. The summed E-state index contributed by atoms with van der Waals surface area (Å²) in [5, 5.41) is 12.8. The molecule has 1 aromatic carbocycles. The zero-order chi connectivity index (χ0) is 13.6. The molecule has 5 nitrogen and oxygen atoms in total. The number of non-ortho nitro benzene ring substituents is 1. The quantitative estimate of drug-likeness (QED) is 0.379. The molecule has 0 aliphatic heterocycles. The molecule has 19 heavy (non-hydrogen) atoms. The lowest BCUT2D eigenvalue weighted by molar-refractivity contribution is -0.383. The fourth-order valence-corrected chi connectivity index (χ4v) is 2.22. The Labute approximate surface area is 109 Å². The van der Waals surface area contributed by atoms with Crippen LogP contribution in [0, 0.1) is 24.0 Å². The van der Waals surface area contributed by atoms with E-state index in [2.05, 4.69) is 9.97 Å². The molecule has 0 fully saturated rings. The molecule has 0 bridgehead atoms. The fourth-order valence-electron chi connectivity index (χ4n) is 2.22. The number of pyridine rings is 2. The van der Waals surface area contributed by atoms with Gasteiger partial charge in [0, 0.05) is 28.2 Å². The molecule has 0 saturated heterocycles. The van der Waals surface area contributed by atoms with Crippen molar-refractivity contribution in [1.29, 1.82) is 0 Å². The third-order valence-electron chi connectivity index (χ3n) is 3.10. The van der Waals surface area contributed by atoms with Gasteiger partial charge in [-0.3, -0.25) is 15.1 Å². The Morgan fingerprint density at radius 2 is 1.63 bits per heavy atom. The smallest absolute Gasteiger partial charge is 0.258 e. The second-order valence-electron chi connectivity index (χ2n) is 4.52. The first kappa shape index (κ1) is 11.5. The summed E-state index contributed by atoms with van der Waals surface area (Å²) >= 11 is 0. The Kier molecular flexibility index (Phi) is 2.41. The second kappa shape index (κ2) is 3.98. The van der Waals surface area contributed by atoms with Crippen molar-refractivity contribution in [2.45, 2.75) is 13.8 Å². The number of nitro groups is 1. The van der Waals surface area contributed by atoms with Gasteiger partial charge < -0.3 is 0 Å². The summed E-state index contributed by atoms with van der Waals surface area (Å²) in [6, 6.07) is 9.04. The lowest BCUT2D eigenvalue weighted by Gasteiger charge is -2.05. The van der Waals surface area contributed by atoms with Gasteiger partial charge in [-0.15, -0.1) is 0 Å². The molecule has 3 aromatic rings. The number of rotatable bonds is 1. The van der Waals surface area contributed by atoms with Crippen molar-refractivity contribution in [3.05, 3.63) is 51.8 Å². The van der Waals surface area contributed by atoms with Gasteiger partial charge in [-0.1, -0.05) is 12.1 Å². The van der Waals surface area contributed by atoms with Gasteiger partial charge in [0.25, 0.3) is 5.69 Å². The Balaban J connectivity index is 2.56. The Morgan fingerprint density at radius 1 is 1.00 bits per heavy atom. The van der Waals surface area contributed by atoms with E-state index in [4.69, 9.17) is 0 Å². The number of hydrogen-bond acceptors (Lipinski definition) is 4. The normalized spacial score (nSPS) is 11.1. The summed E-state index contributed by atoms with van der Waals surface area (Å²) in [7, 11) is 0. The Hall–Kier alpha value is -2.56. The first-order valence-electron chi connectivity index (χ1n) is 5.88. The minimum atomic E-state index is -0.405. The first-order chi connectivity index (χ1) is 9.06. The maximum Gasteiger partial charge on any atom is 0.297 e. The van der Waals surface area contributed by atoms with E-state index >= 15 is 0 Å². The number of nitro benzene ring substituents is 1. The van der Waals surface area contributed by atoms with E-state index in [0.29, 0.717) is 11.0 Å². The summed E-state index contributed by atoms with van der Waals surface area (Å²) < 4.78 is 0. The maximum atomic E-state index is 11.2. The van der Waals surface area contributed by atoms with Crippen molar-refractivity contribution in [3.8, 4) is 0 Å². The molecule has 3 rings (SSSR count). The van der Waals surface area contributed by atoms with Crippen molar-refractivity contribution < 1.29 is 4.92 Å². The maximum absolute atomic E-state index is 11.2. The van der Waals surface area contributed by atoms with Crippen molar-refractivity contribution in [2.24, 2.45) is 0 Å². The fraction of sp³-hybridized carbons (Fsp3) is 0.143. The predicted octanol–water partition coefficient (Wildman–Crippen LogP) is 3.31. The molecule has 0 radical (unpaired) electrons. The summed E-state index contributed by atoms with van der Waals surface area (Å²) in [6.07, 6.45) is 0. The molecule has 94 valence electrons. The highest BCUT2D eigenvalue weighted by Gasteiger charge is 2.17. The van der Waals surface area contributed by atoms with E-state index in [1.54, 1.807) is 0 Å². The van der Waals surface area contributed by atoms with Gasteiger partial charge in [-0.05, 0) is 26.0 Å². The van der Waals surface area contributed by atoms with E-state index in [1.807, 2.05) is 38.1 Å². The SMILES string of the molecule is Cc1ccc2c(cc([N+](=O)[O-])c3nc(C)ccc32)n1. The van der Waals surface area contributed by atoms with Gasteiger partial charge >= 0.3 is 0 Å². The average Bonchev–Trinajstić information content (AvgIpc) is 2.37. The zero-order valence-electron chi connectivity index (χ0n) is 10.5. The van der Waals surface area contributed by atoms with Gasteiger partial charge in [-0.25, -0.2) is 4.98 Å². The summed E-state index contributed by atoms with van der Waals surface area (Å²) in [5.41, 5.74) is 2.65. The molecule has 0 unspecified atom stereocenters. The van der Waals surface area contributed by atoms with Crippen LogP contribution in [0.4, 0.5) is 5.69 Å². The summed E-state index contributed by atoms with van der Waals surface area (Å²) in [6.45, 7) is 3.68. The molecule has 0 aliphatic rings. The number of fused-ring (bicyclic) bond motifs is 3. The molecule has 0 amide bonds. The number of aromatic nitrogens is 2. The number of nitrogens with zero attached hydrogens (tertiary/aromatic N) is 3. The molecule has 0 atom stereocenters. The molecule has 5 heteroatoms. The lowest BCUT2D eigenvalue weighted by atomic mass is 10.1. The van der Waals surface area contributed by atoms with Gasteiger partial charge in [0.2, 0.25) is 0 Å². The molecule has 0 aliphatic carbocycles. The van der Waals surface area contributed by atoms with Crippen LogP contribution in [0.25, 0.3) is 21.8 Å². The van der Waals surface area contributed by atoms with Crippen LogP contribution in [0.3, 0.4) is 0 Å². The average molecular weight is 253 g/mol. The molecule has 2 heterocycles. The van der Waals surface area contributed by atoms with Crippen LogP contribution >= 0.6 is 0 Å². The van der Waals surface area contributed by atoms with Crippen LogP contribution < -0.4 is 0 Å². The van der Waals surface area contributed by atoms with Crippen LogP contribution in [-0.4, -0.2) is 14.9 Å². The van der Waals surface area contributed by atoms with Crippen molar-refractivity contribution in [2.75, 3.05) is 0 Å². The topological polar surface area (TPSA) is 68.9 Å². The van der Waals surface area contributed by atoms with Gasteiger partial charge in [-0.2, -0.15) is 0 Å². The summed E-state index contributed by atoms with van der Waals surface area (Å²) in [5.74, 6) is 0. The van der Waals surface area contributed by atoms with Crippen molar-refractivity contribution in [1.82, 2.24) is 9.97 Å². The summed E-state index contributed by atoms with van der Waals surface area (Å²) in [4.78, 5) is 19.4. The third-order valence-corrected chi connectivity index (χ3v) is 3.10. The van der Waals surface area contributed by atoms with E-state index in [9.17, 15) is 10.1 Å². The molecule has 0 N–H and O–H groups in total. The van der Waals surface area contributed by atoms with E-state index in [-0.39, 0.29) is 5.69 Å². The Bertz CT molecular complexity index is 828. The first-order valence-corrected chi connectivity index (χ1v) is 5.88. The number of aryl methyl sites for hydroxylation is 2. The van der Waals surface area contributed by atoms with Crippen molar-refractivity contribution in [3.63, 3.8) is 0 Å². The molecular formula is C14H11N3O2. The predicted molar refractivity (Wildman–Crippen MR) is 73.2 cm³/mol. The van der Waals surface area contributed by atoms with Crippen LogP contribution in [0.1, 0.15) is 11.4 Å². The van der Waals surface area contributed by atoms with E-state index in [1.165, 1.54) is 6.07 Å². The lowest BCUT2D eigenvalue weighted by Crippen LogP contribution is -1.95. The van der Waals surface area contributed by atoms with Gasteiger partial charge in [0.1, 0.15) is 5.52 Å². The zero-order valence-corrected chi connectivity index (χ0v) is 10.5. The van der Waals surface area contributed by atoms with E-state index in [0.717, 1.165) is 22.2 Å². The highest BCUT2D eigenvalue weighted by molar-refractivity contribution is 6.08. The van der Waals surface area contributed by atoms with Crippen LogP contribution in [0.5, 0.6) is 0 Å². The highest BCUT2D eigenvalue weighted by atomic mass is 16.6. The van der Waals surface area contributed by atoms with Gasteiger partial charge in [0.05, 0.1) is 10.4 Å². The monoisotopic (exact) mass is 253 g/mol. The van der Waals surface area contributed by atoms with Crippen LogP contribution in [0.2, 0.25) is 0 Å². The third kappa shape index (κ3) is 1.79. The van der Waals surface area contributed by atoms with Gasteiger partial charge in [0.15, 0.2) is 0 Å². The minimum absolute atomic E-state index is 0.00398. The molecule has 0 spiro atoms. The largest absolute Gasteiger partial charge is 0.297 e. The molecular weight excluding hydrogens is 242 g/mol. The van der Waals surface area contributed by atoms with Crippen LogP contribution in [0.15, 0.2) is 30.3 Å². The van der Waals surface area contributed by atoms with Crippen molar-refractivity contribution >= 4 is 27.5 Å². The highest BCUT2D eigenvalue weighted by Crippen LogP contribution is 2.31.